The van der Waals surface area contributed by atoms with E-state index in [9.17, 15) is 13.2 Å². The van der Waals surface area contributed by atoms with Crippen molar-refractivity contribution >= 4 is 11.6 Å². The lowest BCUT2D eigenvalue weighted by Gasteiger charge is -2.07. The fraction of sp³-hybridized carbons (Fsp3) is 0.182. The minimum atomic E-state index is -4.39. The van der Waals surface area contributed by atoms with E-state index in [0.29, 0.717) is 10.6 Å². The summed E-state index contributed by atoms with van der Waals surface area (Å²) in [5.41, 5.74) is 0.00416. The Morgan fingerprint density at radius 2 is 2.06 bits per heavy atom. The molecule has 17 heavy (non-hydrogen) atoms. The van der Waals surface area contributed by atoms with E-state index in [0.717, 1.165) is 6.20 Å². The van der Waals surface area contributed by atoms with Crippen LogP contribution in [0.2, 0.25) is 5.02 Å². The lowest BCUT2D eigenvalue weighted by atomic mass is 10.1. The van der Waals surface area contributed by atoms with Gasteiger partial charge in [-0.15, -0.1) is 0 Å². The molecule has 0 saturated heterocycles. The predicted octanol–water partition coefficient (Wildman–Crippen LogP) is 3.67. The Kier molecular flexibility index (Phi) is 3.11. The molecule has 1 aromatic heterocycles. The van der Waals surface area contributed by atoms with Gasteiger partial charge in [0, 0.05) is 11.4 Å². The van der Waals surface area contributed by atoms with Crippen LogP contribution in [0.4, 0.5) is 13.2 Å². The number of halogens is 4. The van der Waals surface area contributed by atoms with Crippen LogP contribution in [0.1, 0.15) is 16.8 Å². The quantitative estimate of drug-likeness (QED) is 0.877. The molecule has 0 aliphatic rings. The van der Waals surface area contributed by atoms with Crippen LogP contribution in [0.15, 0.2) is 30.5 Å². The van der Waals surface area contributed by atoms with Crippen LogP contribution in [-0.4, -0.2) is 10.2 Å². The molecule has 0 atom stereocenters. The molecule has 2 rings (SSSR count). The summed E-state index contributed by atoms with van der Waals surface area (Å²) < 4.78 is 37.7. The summed E-state index contributed by atoms with van der Waals surface area (Å²) in [5, 5.41) is 6.29. The average Bonchev–Trinajstić information content (AvgIpc) is 2.65. The Hall–Kier alpha value is -1.49. The number of hydrogen-bond acceptors (Lipinski definition) is 1. The van der Waals surface area contributed by atoms with E-state index in [1.54, 1.807) is 24.3 Å². The zero-order chi connectivity index (χ0) is 12.5. The standard InChI is InChI=1S/C11H8ClF3N2/c12-8-3-1-2-7(4-8)5-10-9(6-16-17-10)11(13,14)15/h1-4,6H,5H2,(H,16,17). The Labute approximate surface area is 100 Å². The minimum absolute atomic E-state index is 0.0415. The summed E-state index contributed by atoms with van der Waals surface area (Å²) in [4.78, 5) is 0. The van der Waals surface area contributed by atoms with Crippen LogP contribution in [0.25, 0.3) is 0 Å². The van der Waals surface area contributed by atoms with E-state index in [-0.39, 0.29) is 12.1 Å². The number of hydrogen-bond donors (Lipinski definition) is 1. The summed E-state index contributed by atoms with van der Waals surface area (Å²) in [5.74, 6) is 0. The van der Waals surface area contributed by atoms with E-state index >= 15 is 0 Å². The molecule has 0 saturated carbocycles. The van der Waals surface area contributed by atoms with Crippen LogP contribution in [0, 0.1) is 0 Å². The van der Waals surface area contributed by atoms with Crippen molar-refractivity contribution < 1.29 is 13.2 Å². The van der Waals surface area contributed by atoms with E-state index in [4.69, 9.17) is 11.6 Å². The Morgan fingerprint density at radius 3 is 2.71 bits per heavy atom. The maximum atomic E-state index is 12.6. The molecular weight excluding hydrogens is 253 g/mol. The number of aromatic amines is 1. The molecule has 0 bridgehead atoms. The molecule has 0 unspecified atom stereocenters. The lowest BCUT2D eigenvalue weighted by molar-refractivity contribution is -0.138. The van der Waals surface area contributed by atoms with Crippen LogP contribution in [-0.2, 0) is 12.6 Å². The summed E-state index contributed by atoms with van der Waals surface area (Å²) in [6, 6.07) is 6.71. The van der Waals surface area contributed by atoms with Crippen molar-refractivity contribution in [1.82, 2.24) is 10.2 Å². The van der Waals surface area contributed by atoms with Crippen molar-refractivity contribution in [2.75, 3.05) is 0 Å². The highest BCUT2D eigenvalue weighted by atomic mass is 35.5. The largest absolute Gasteiger partial charge is 0.419 e. The van der Waals surface area contributed by atoms with Crippen molar-refractivity contribution in [3.63, 3.8) is 0 Å². The second-order valence-corrected chi connectivity index (χ2v) is 4.00. The molecule has 6 heteroatoms. The number of benzene rings is 1. The molecule has 0 aliphatic heterocycles. The molecule has 0 amide bonds. The number of nitrogens with zero attached hydrogens (tertiary/aromatic N) is 1. The van der Waals surface area contributed by atoms with Gasteiger partial charge in [-0.2, -0.15) is 18.3 Å². The fourth-order valence-electron chi connectivity index (χ4n) is 1.54. The summed E-state index contributed by atoms with van der Waals surface area (Å²) >= 11 is 5.77. The molecule has 1 heterocycles. The molecule has 0 radical (unpaired) electrons. The van der Waals surface area contributed by atoms with Gasteiger partial charge < -0.3 is 0 Å². The van der Waals surface area contributed by atoms with Gasteiger partial charge >= 0.3 is 6.18 Å². The second-order valence-electron chi connectivity index (χ2n) is 3.57. The van der Waals surface area contributed by atoms with Gasteiger partial charge in [-0.05, 0) is 17.7 Å². The highest BCUT2D eigenvalue weighted by molar-refractivity contribution is 6.30. The Balaban J connectivity index is 2.28. The Bertz CT molecular complexity index is 519. The van der Waals surface area contributed by atoms with Crippen molar-refractivity contribution in [3.05, 3.63) is 52.3 Å². The lowest BCUT2D eigenvalue weighted by Crippen LogP contribution is -2.07. The number of alkyl halides is 3. The van der Waals surface area contributed by atoms with Gasteiger partial charge in [0.15, 0.2) is 0 Å². The molecular formula is C11H8ClF3N2. The first kappa shape index (κ1) is 12.0. The second kappa shape index (κ2) is 4.41. The predicted molar refractivity (Wildman–Crippen MR) is 57.8 cm³/mol. The number of aromatic nitrogens is 2. The smallest absolute Gasteiger partial charge is 0.282 e. The van der Waals surface area contributed by atoms with Gasteiger partial charge in [-0.3, -0.25) is 5.10 Å². The Morgan fingerprint density at radius 1 is 1.29 bits per heavy atom. The molecule has 0 aliphatic carbocycles. The monoisotopic (exact) mass is 260 g/mol. The maximum absolute atomic E-state index is 12.6. The third-order valence-corrected chi connectivity index (χ3v) is 2.53. The van der Waals surface area contributed by atoms with Crippen LogP contribution in [0.5, 0.6) is 0 Å². The van der Waals surface area contributed by atoms with Gasteiger partial charge in [-0.25, -0.2) is 0 Å². The topological polar surface area (TPSA) is 28.7 Å². The van der Waals surface area contributed by atoms with E-state index in [1.165, 1.54) is 0 Å². The minimum Gasteiger partial charge on any atom is -0.282 e. The number of H-pyrrole nitrogens is 1. The van der Waals surface area contributed by atoms with Gasteiger partial charge in [0.05, 0.1) is 17.5 Å². The van der Waals surface area contributed by atoms with Crippen molar-refractivity contribution in [2.24, 2.45) is 0 Å². The molecule has 1 N–H and O–H groups in total. The SMILES string of the molecule is FC(F)(F)c1cn[nH]c1Cc1cccc(Cl)c1. The molecule has 2 aromatic rings. The van der Waals surface area contributed by atoms with Gasteiger partial charge in [0.25, 0.3) is 0 Å². The van der Waals surface area contributed by atoms with Crippen molar-refractivity contribution in [1.29, 1.82) is 0 Å². The zero-order valence-corrected chi connectivity index (χ0v) is 9.31. The van der Waals surface area contributed by atoms with Gasteiger partial charge in [0.1, 0.15) is 0 Å². The third kappa shape index (κ3) is 2.79. The molecule has 90 valence electrons. The summed E-state index contributed by atoms with van der Waals surface area (Å²) in [7, 11) is 0. The number of rotatable bonds is 2. The normalized spacial score (nSPS) is 11.8. The highest BCUT2D eigenvalue weighted by Gasteiger charge is 2.34. The van der Waals surface area contributed by atoms with Crippen molar-refractivity contribution in [2.45, 2.75) is 12.6 Å². The summed E-state index contributed by atoms with van der Waals surface area (Å²) in [6.45, 7) is 0. The summed E-state index contributed by atoms with van der Waals surface area (Å²) in [6.07, 6.45) is -3.48. The van der Waals surface area contributed by atoms with E-state index in [1.807, 2.05) is 0 Å². The van der Waals surface area contributed by atoms with E-state index < -0.39 is 11.7 Å². The van der Waals surface area contributed by atoms with Gasteiger partial charge in [0.2, 0.25) is 0 Å². The molecule has 2 nitrogen and oxygen atoms in total. The first-order chi connectivity index (χ1) is 7.97. The van der Waals surface area contributed by atoms with Crippen LogP contribution >= 0.6 is 11.6 Å². The van der Waals surface area contributed by atoms with Gasteiger partial charge in [-0.1, -0.05) is 23.7 Å². The zero-order valence-electron chi connectivity index (χ0n) is 8.55. The highest BCUT2D eigenvalue weighted by Crippen LogP contribution is 2.31. The first-order valence-electron chi connectivity index (χ1n) is 4.80. The molecule has 1 aromatic carbocycles. The van der Waals surface area contributed by atoms with Crippen molar-refractivity contribution in [3.8, 4) is 0 Å². The fourth-order valence-corrected chi connectivity index (χ4v) is 1.76. The third-order valence-electron chi connectivity index (χ3n) is 2.29. The first-order valence-corrected chi connectivity index (χ1v) is 5.18. The van der Waals surface area contributed by atoms with Crippen LogP contribution in [0.3, 0.4) is 0 Å². The van der Waals surface area contributed by atoms with Crippen LogP contribution < -0.4 is 0 Å². The molecule has 0 fully saturated rings. The average molecular weight is 261 g/mol. The molecule has 0 spiro atoms. The number of nitrogens with one attached hydrogen (secondary N) is 1. The maximum Gasteiger partial charge on any atom is 0.419 e. The van der Waals surface area contributed by atoms with E-state index in [2.05, 4.69) is 10.2 Å².